The number of rotatable bonds is 3. The van der Waals surface area contributed by atoms with Gasteiger partial charge < -0.3 is 5.11 Å². The number of carbonyl (C=O) groups excluding carboxylic acids is 4. The van der Waals surface area contributed by atoms with Crippen LogP contribution in [0.15, 0.2) is 72.3 Å². The molecule has 1 saturated carbocycles. The third-order valence-corrected chi connectivity index (χ3v) is 11.0. The lowest BCUT2D eigenvalue weighted by molar-refractivity contribution is -0.143. The molecule has 50 heavy (non-hydrogen) atoms. The summed E-state index contributed by atoms with van der Waals surface area (Å²) < 4.78 is 82.6. The molecular formula is C37H30F6N2O5. The van der Waals surface area contributed by atoms with Crippen LogP contribution in [0.1, 0.15) is 53.5 Å². The molecule has 7 rings (SSSR count). The SMILES string of the molecule is Cc1cc([C@H]2C3=CC[C@@H]4C(=O)N(c5cc(C(F)(F)F)cc(C(F)(F)F)c5)C(=O)[C@@H]4[C@@H]3C[C@H]3C(=O)N(c4ccccc4)C(=O)[C@@]23C)cc(C)c1O. The number of hydrogen-bond acceptors (Lipinski definition) is 5. The van der Waals surface area contributed by atoms with Gasteiger partial charge in [0.1, 0.15) is 5.75 Å². The van der Waals surface area contributed by atoms with Crippen LogP contribution in [-0.4, -0.2) is 28.7 Å². The molecule has 3 fully saturated rings. The molecule has 260 valence electrons. The molecule has 2 saturated heterocycles. The normalized spacial score (nSPS) is 28.1. The minimum atomic E-state index is -5.20. The second-order valence-corrected chi connectivity index (χ2v) is 13.8. The molecule has 2 heterocycles. The zero-order valence-electron chi connectivity index (χ0n) is 26.9. The Kier molecular flexibility index (Phi) is 7.40. The van der Waals surface area contributed by atoms with Crippen LogP contribution in [0.2, 0.25) is 0 Å². The number of phenols is 1. The Labute approximate surface area is 282 Å². The maximum Gasteiger partial charge on any atom is 0.416 e. The van der Waals surface area contributed by atoms with Gasteiger partial charge >= 0.3 is 12.4 Å². The van der Waals surface area contributed by atoms with Gasteiger partial charge in [-0.3, -0.25) is 19.2 Å². The largest absolute Gasteiger partial charge is 0.507 e. The van der Waals surface area contributed by atoms with Gasteiger partial charge in [-0.25, -0.2) is 9.80 Å². The van der Waals surface area contributed by atoms with Crippen molar-refractivity contribution in [3.63, 3.8) is 0 Å². The van der Waals surface area contributed by atoms with Crippen LogP contribution in [-0.2, 0) is 31.5 Å². The van der Waals surface area contributed by atoms with Crippen molar-refractivity contribution in [3.8, 4) is 5.75 Å². The van der Waals surface area contributed by atoms with E-state index in [0.717, 1.165) is 4.90 Å². The van der Waals surface area contributed by atoms with Crippen LogP contribution in [0.4, 0.5) is 37.7 Å². The van der Waals surface area contributed by atoms with Crippen molar-refractivity contribution >= 4 is 35.0 Å². The number of hydrogen-bond donors (Lipinski definition) is 1. The first-order chi connectivity index (χ1) is 23.4. The predicted octanol–water partition coefficient (Wildman–Crippen LogP) is 7.48. The van der Waals surface area contributed by atoms with Crippen molar-refractivity contribution in [2.45, 2.75) is 51.9 Å². The Hall–Kier alpha value is -4.94. The molecule has 0 bridgehead atoms. The minimum Gasteiger partial charge on any atom is -0.507 e. The number of para-hydroxylation sites is 1. The highest BCUT2D eigenvalue weighted by Gasteiger charge is 2.67. The number of nitrogens with zero attached hydrogens (tertiary/aromatic N) is 2. The zero-order valence-corrected chi connectivity index (χ0v) is 26.9. The van der Waals surface area contributed by atoms with Gasteiger partial charge in [0.25, 0.3) is 0 Å². The second-order valence-electron chi connectivity index (χ2n) is 13.8. The number of halogens is 6. The summed E-state index contributed by atoms with van der Waals surface area (Å²) in [7, 11) is 0. The first-order valence-corrected chi connectivity index (χ1v) is 16.0. The Bertz CT molecular complexity index is 1970. The monoisotopic (exact) mass is 696 g/mol. The first kappa shape index (κ1) is 33.6. The van der Waals surface area contributed by atoms with Gasteiger partial charge in [-0.15, -0.1) is 0 Å². The van der Waals surface area contributed by atoms with Gasteiger partial charge in [0.2, 0.25) is 23.6 Å². The summed E-state index contributed by atoms with van der Waals surface area (Å²) in [4.78, 5) is 58.3. The number of alkyl halides is 6. The number of imide groups is 2. The molecule has 3 aromatic rings. The van der Waals surface area contributed by atoms with Crippen molar-refractivity contribution in [2.75, 3.05) is 9.80 Å². The van der Waals surface area contributed by atoms with E-state index in [1.807, 2.05) is 0 Å². The Morgan fingerprint density at radius 2 is 1.32 bits per heavy atom. The van der Waals surface area contributed by atoms with E-state index in [0.29, 0.717) is 45.0 Å². The Balaban J connectivity index is 1.37. The molecule has 13 heteroatoms. The predicted molar refractivity (Wildman–Crippen MR) is 168 cm³/mol. The van der Waals surface area contributed by atoms with E-state index in [2.05, 4.69) is 0 Å². The number of phenolic OH excluding ortho intramolecular Hbond substituents is 1. The van der Waals surface area contributed by atoms with Gasteiger partial charge in [-0.05, 0) is 86.6 Å². The lowest BCUT2D eigenvalue weighted by Crippen LogP contribution is -2.49. The van der Waals surface area contributed by atoms with Crippen molar-refractivity contribution in [3.05, 3.63) is 100 Å². The fourth-order valence-corrected chi connectivity index (χ4v) is 8.70. The van der Waals surface area contributed by atoms with E-state index in [4.69, 9.17) is 0 Å². The molecule has 7 nitrogen and oxygen atoms in total. The first-order valence-electron chi connectivity index (χ1n) is 16.0. The standard InChI is InChI=1S/C37H30F6N2O5/c1-17-11-19(12-18(2)30(17)46)29-24-9-10-25-28(26(24)16-27-32(48)45(34(50)35(27,29)3)22-7-5-4-6-8-22)33(49)44(31(25)47)23-14-20(36(38,39)40)13-21(15-23)37(41,42)43/h4-9,11-15,25-29,46H,10,16H2,1-3H3/t25-,26+,27-,28-,29-,35+/m0/s1. The van der Waals surface area contributed by atoms with E-state index < -0.39 is 87.8 Å². The number of carbonyl (C=O) groups is 4. The van der Waals surface area contributed by atoms with E-state index in [1.165, 1.54) is 0 Å². The smallest absolute Gasteiger partial charge is 0.416 e. The molecule has 4 amide bonds. The average molecular weight is 697 g/mol. The summed E-state index contributed by atoms with van der Waals surface area (Å²) in [6, 6.07) is 12.3. The average Bonchev–Trinajstić information content (AvgIpc) is 3.42. The molecule has 0 radical (unpaired) electrons. The van der Waals surface area contributed by atoms with E-state index >= 15 is 0 Å². The topological polar surface area (TPSA) is 95.0 Å². The molecule has 4 aliphatic rings. The number of anilines is 2. The van der Waals surface area contributed by atoms with E-state index in [9.17, 15) is 50.6 Å². The minimum absolute atomic E-state index is 0.0340. The molecule has 3 aromatic carbocycles. The highest BCUT2D eigenvalue weighted by molar-refractivity contribution is 6.25. The highest BCUT2D eigenvalue weighted by Crippen LogP contribution is 2.64. The number of aryl methyl sites for hydroxylation is 2. The summed E-state index contributed by atoms with van der Waals surface area (Å²) in [6.07, 6.45) is -8.82. The quantitative estimate of drug-likeness (QED) is 0.174. The lowest BCUT2D eigenvalue weighted by atomic mass is 9.51. The second kappa shape index (κ2) is 11.0. The van der Waals surface area contributed by atoms with E-state index in [1.54, 1.807) is 69.3 Å². The van der Waals surface area contributed by atoms with Crippen LogP contribution in [0.5, 0.6) is 5.75 Å². The van der Waals surface area contributed by atoms with E-state index in [-0.39, 0.29) is 24.7 Å². The molecule has 0 aromatic heterocycles. The number of amides is 4. The zero-order chi connectivity index (χ0) is 36.2. The maximum atomic E-state index is 14.5. The Morgan fingerprint density at radius 1 is 0.740 bits per heavy atom. The van der Waals surface area contributed by atoms with Crippen LogP contribution in [0, 0.1) is 42.9 Å². The number of benzene rings is 3. The van der Waals surface area contributed by atoms with Crippen molar-refractivity contribution in [2.24, 2.45) is 29.1 Å². The van der Waals surface area contributed by atoms with Crippen molar-refractivity contribution in [1.29, 1.82) is 0 Å². The molecule has 0 spiro atoms. The number of allylic oxidation sites excluding steroid dienone is 2. The van der Waals surface area contributed by atoms with Gasteiger partial charge in [0.05, 0.1) is 45.7 Å². The lowest BCUT2D eigenvalue weighted by Gasteiger charge is -2.49. The summed E-state index contributed by atoms with van der Waals surface area (Å²) in [5, 5.41) is 10.6. The summed E-state index contributed by atoms with van der Waals surface area (Å²) in [5.74, 6) is -7.90. The molecular weight excluding hydrogens is 666 g/mol. The van der Waals surface area contributed by atoms with Crippen molar-refractivity contribution in [1.82, 2.24) is 0 Å². The third-order valence-electron chi connectivity index (χ3n) is 11.0. The molecule has 0 unspecified atom stereocenters. The van der Waals surface area contributed by atoms with Crippen LogP contribution < -0.4 is 9.80 Å². The third kappa shape index (κ3) is 4.79. The van der Waals surface area contributed by atoms with Crippen LogP contribution in [0.3, 0.4) is 0 Å². The molecule has 6 atom stereocenters. The highest BCUT2D eigenvalue weighted by atomic mass is 19.4. The van der Waals surface area contributed by atoms with Crippen LogP contribution in [0.25, 0.3) is 0 Å². The molecule has 2 aliphatic heterocycles. The summed E-state index contributed by atoms with van der Waals surface area (Å²) in [5.41, 5.74) is -3.07. The number of aromatic hydroxyl groups is 1. The summed E-state index contributed by atoms with van der Waals surface area (Å²) in [6.45, 7) is 5.04. The summed E-state index contributed by atoms with van der Waals surface area (Å²) >= 11 is 0. The number of fused-ring (bicyclic) bond motifs is 4. The maximum absolute atomic E-state index is 14.5. The fraction of sp³-hybridized carbons (Fsp3) is 0.351. The van der Waals surface area contributed by atoms with Gasteiger partial charge in [0.15, 0.2) is 0 Å². The van der Waals surface area contributed by atoms with Gasteiger partial charge in [0, 0.05) is 5.92 Å². The van der Waals surface area contributed by atoms with Crippen LogP contribution >= 0.6 is 0 Å². The van der Waals surface area contributed by atoms with Gasteiger partial charge in [-0.1, -0.05) is 42.0 Å². The molecule has 2 aliphatic carbocycles. The van der Waals surface area contributed by atoms with Gasteiger partial charge in [-0.2, -0.15) is 26.3 Å². The van der Waals surface area contributed by atoms with Crippen molar-refractivity contribution < 1.29 is 50.6 Å². The Morgan fingerprint density at radius 3 is 1.88 bits per heavy atom. The fourth-order valence-electron chi connectivity index (χ4n) is 8.70. The molecule has 1 N–H and O–H groups in total.